The van der Waals surface area contributed by atoms with Crippen LogP contribution in [0.3, 0.4) is 0 Å². The molecule has 2 aromatic heterocycles. The molecule has 2 saturated heterocycles. The van der Waals surface area contributed by atoms with E-state index in [4.69, 9.17) is 0 Å². The molecular formula is C17H19N3OS. The topological polar surface area (TPSA) is 36.4 Å². The second-order valence-corrected chi connectivity index (χ2v) is 7.08. The summed E-state index contributed by atoms with van der Waals surface area (Å²) in [7, 11) is 0. The molecule has 22 heavy (non-hydrogen) atoms. The minimum atomic E-state index is 0.203. The van der Waals surface area contributed by atoms with Crippen molar-refractivity contribution in [2.24, 2.45) is 11.8 Å². The first-order valence-corrected chi connectivity index (χ1v) is 8.66. The lowest BCUT2D eigenvalue weighted by Gasteiger charge is -2.21. The molecule has 5 heteroatoms. The smallest absolute Gasteiger partial charge is 0.254 e. The third kappa shape index (κ3) is 2.66. The highest BCUT2D eigenvalue weighted by Crippen LogP contribution is 2.32. The Morgan fingerprint density at radius 2 is 2.05 bits per heavy atom. The first kappa shape index (κ1) is 13.9. The third-order valence-electron chi connectivity index (χ3n) is 4.75. The monoisotopic (exact) mass is 313 g/mol. The predicted octanol–water partition coefficient (Wildman–Crippen LogP) is 2.35. The number of thiophene rings is 1. The predicted molar refractivity (Wildman–Crippen MR) is 86.7 cm³/mol. The van der Waals surface area contributed by atoms with Crippen molar-refractivity contribution in [3.8, 4) is 0 Å². The van der Waals surface area contributed by atoms with E-state index in [1.165, 1.54) is 5.56 Å². The number of carbonyl (C=O) groups is 1. The Morgan fingerprint density at radius 3 is 2.68 bits per heavy atom. The maximum Gasteiger partial charge on any atom is 0.254 e. The van der Waals surface area contributed by atoms with Crippen LogP contribution in [0.5, 0.6) is 0 Å². The molecule has 0 aromatic carbocycles. The zero-order chi connectivity index (χ0) is 14.9. The van der Waals surface area contributed by atoms with Crippen molar-refractivity contribution in [3.05, 3.63) is 52.5 Å². The van der Waals surface area contributed by atoms with E-state index in [9.17, 15) is 4.79 Å². The van der Waals surface area contributed by atoms with Gasteiger partial charge in [0.1, 0.15) is 0 Å². The standard InChI is InChI=1S/C17H19N3OS/c21-17(14-3-5-22-12-14)20-10-15-8-19(9-16(15)11-20)7-13-2-1-4-18-6-13/h1-6,12,15-16H,7-11H2/t15-,16+. The summed E-state index contributed by atoms with van der Waals surface area (Å²) in [6.45, 7) is 4.96. The van der Waals surface area contributed by atoms with Gasteiger partial charge in [0.2, 0.25) is 0 Å². The molecule has 0 aliphatic carbocycles. The summed E-state index contributed by atoms with van der Waals surface area (Å²) in [6, 6.07) is 6.05. The number of hydrogen-bond donors (Lipinski definition) is 0. The Hall–Kier alpha value is -1.72. The first-order valence-electron chi connectivity index (χ1n) is 7.72. The van der Waals surface area contributed by atoms with Gasteiger partial charge in [-0.05, 0) is 34.9 Å². The average molecular weight is 313 g/mol. The lowest BCUT2D eigenvalue weighted by atomic mass is 10.0. The normalized spacial score (nSPS) is 24.6. The largest absolute Gasteiger partial charge is 0.338 e. The second-order valence-electron chi connectivity index (χ2n) is 6.30. The van der Waals surface area contributed by atoms with Crippen molar-refractivity contribution in [3.63, 3.8) is 0 Å². The van der Waals surface area contributed by atoms with Gasteiger partial charge in [-0.1, -0.05) is 6.07 Å². The fourth-order valence-corrected chi connectivity index (χ4v) is 4.33. The summed E-state index contributed by atoms with van der Waals surface area (Å²) in [5.41, 5.74) is 2.12. The third-order valence-corrected chi connectivity index (χ3v) is 5.43. The molecule has 0 saturated carbocycles. The molecule has 0 radical (unpaired) electrons. The zero-order valence-corrected chi connectivity index (χ0v) is 13.2. The van der Waals surface area contributed by atoms with Gasteiger partial charge in [-0.2, -0.15) is 11.3 Å². The summed E-state index contributed by atoms with van der Waals surface area (Å²) in [5.74, 6) is 1.45. The first-order chi connectivity index (χ1) is 10.8. The van der Waals surface area contributed by atoms with Crippen LogP contribution in [0.15, 0.2) is 41.4 Å². The summed E-state index contributed by atoms with van der Waals surface area (Å²) in [6.07, 6.45) is 3.76. The lowest BCUT2D eigenvalue weighted by molar-refractivity contribution is 0.0774. The van der Waals surface area contributed by atoms with E-state index >= 15 is 0 Å². The van der Waals surface area contributed by atoms with Gasteiger partial charge in [-0.25, -0.2) is 0 Å². The number of nitrogens with zero attached hydrogens (tertiary/aromatic N) is 3. The maximum absolute atomic E-state index is 12.4. The number of rotatable bonds is 3. The maximum atomic E-state index is 12.4. The minimum Gasteiger partial charge on any atom is -0.338 e. The van der Waals surface area contributed by atoms with Crippen molar-refractivity contribution in [1.82, 2.24) is 14.8 Å². The van der Waals surface area contributed by atoms with E-state index in [0.29, 0.717) is 11.8 Å². The van der Waals surface area contributed by atoms with Crippen LogP contribution in [-0.2, 0) is 6.54 Å². The molecule has 0 unspecified atom stereocenters. The van der Waals surface area contributed by atoms with E-state index in [0.717, 1.165) is 38.3 Å². The van der Waals surface area contributed by atoms with Gasteiger partial charge in [0, 0.05) is 50.5 Å². The van der Waals surface area contributed by atoms with Crippen molar-refractivity contribution in [2.75, 3.05) is 26.2 Å². The summed E-state index contributed by atoms with van der Waals surface area (Å²) in [5, 5.41) is 3.92. The van der Waals surface area contributed by atoms with Gasteiger partial charge in [-0.15, -0.1) is 0 Å². The van der Waals surface area contributed by atoms with E-state index in [2.05, 4.69) is 16.0 Å². The van der Waals surface area contributed by atoms with Crippen LogP contribution in [0.1, 0.15) is 15.9 Å². The van der Waals surface area contributed by atoms with Gasteiger partial charge in [0.05, 0.1) is 5.56 Å². The molecule has 4 heterocycles. The Labute approximate surface area is 134 Å². The van der Waals surface area contributed by atoms with Crippen molar-refractivity contribution >= 4 is 17.2 Å². The van der Waals surface area contributed by atoms with Gasteiger partial charge in [-0.3, -0.25) is 14.7 Å². The highest BCUT2D eigenvalue weighted by Gasteiger charge is 2.41. The van der Waals surface area contributed by atoms with E-state index in [1.54, 1.807) is 11.3 Å². The fraction of sp³-hybridized carbons (Fsp3) is 0.412. The SMILES string of the molecule is O=C(c1ccsc1)N1C[C@H]2CN(Cc3cccnc3)C[C@H]2C1. The lowest BCUT2D eigenvalue weighted by Crippen LogP contribution is -2.32. The highest BCUT2D eigenvalue weighted by molar-refractivity contribution is 7.08. The average Bonchev–Trinajstić information content (AvgIpc) is 3.23. The number of hydrogen-bond acceptors (Lipinski definition) is 4. The molecule has 0 N–H and O–H groups in total. The van der Waals surface area contributed by atoms with Crippen molar-refractivity contribution < 1.29 is 4.79 Å². The molecule has 2 aliphatic rings. The number of likely N-dealkylation sites (tertiary alicyclic amines) is 2. The van der Waals surface area contributed by atoms with Gasteiger partial charge in [0.25, 0.3) is 5.91 Å². The Morgan fingerprint density at radius 1 is 1.23 bits per heavy atom. The molecule has 4 nitrogen and oxygen atoms in total. The minimum absolute atomic E-state index is 0.203. The van der Waals surface area contributed by atoms with Crippen LogP contribution >= 0.6 is 11.3 Å². The quantitative estimate of drug-likeness (QED) is 0.873. The molecule has 0 bridgehead atoms. The van der Waals surface area contributed by atoms with E-state index < -0.39 is 0 Å². The molecule has 2 fully saturated rings. The van der Waals surface area contributed by atoms with E-state index in [1.807, 2.05) is 40.2 Å². The van der Waals surface area contributed by atoms with E-state index in [-0.39, 0.29) is 5.91 Å². The molecule has 2 aromatic rings. The second kappa shape index (κ2) is 5.82. The molecule has 4 rings (SSSR count). The van der Waals surface area contributed by atoms with Gasteiger partial charge >= 0.3 is 0 Å². The zero-order valence-electron chi connectivity index (χ0n) is 12.4. The number of carbonyl (C=O) groups excluding carboxylic acids is 1. The number of fused-ring (bicyclic) bond motifs is 1. The number of amides is 1. The molecule has 0 spiro atoms. The van der Waals surface area contributed by atoms with Crippen molar-refractivity contribution in [1.29, 1.82) is 0 Å². The van der Waals surface area contributed by atoms with Crippen LogP contribution in [0.4, 0.5) is 0 Å². The summed E-state index contributed by atoms with van der Waals surface area (Å²) >= 11 is 1.59. The molecule has 1 amide bonds. The van der Waals surface area contributed by atoms with Crippen LogP contribution in [0, 0.1) is 11.8 Å². The molecular weight excluding hydrogens is 294 g/mol. The van der Waals surface area contributed by atoms with Gasteiger partial charge in [0.15, 0.2) is 0 Å². The van der Waals surface area contributed by atoms with Crippen LogP contribution in [0.2, 0.25) is 0 Å². The molecule has 114 valence electrons. The van der Waals surface area contributed by atoms with Crippen LogP contribution < -0.4 is 0 Å². The molecule has 2 aliphatic heterocycles. The Balaban J connectivity index is 1.36. The number of aromatic nitrogens is 1. The van der Waals surface area contributed by atoms with Crippen LogP contribution in [0.25, 0.3) is 0 Å². The fourth-order valence-electron chi connectivity index (χ4n) is 3.70. The summed E-state index contributed by atoms with van der Waals surface area (Å²) < 4.78 is 0. The Bertz CT molecular complexity index is 629. The summed E-state index contributed by atoms with van der Waals surface area (Å²) in [4.78, 5) is 21.1. The molecule has 2 atom stereocenters. The van der Waals surface area contributed by atoms with Crippen molar-refractivity contribution in [2.45, 2.75) is 6.54 Å². The number of pyridine rings is 1. The highest BCUT2D eigenvalue weighted by atomic mass is 32.1. The van der Waals surface area contributed by atoms with Crippen LogP contribution in [-0.4, -0.2) is 46.9 Å². The van der Waals surface area contributed by atoms with Gasteiger partial charge < -0.3 is 4.90 Å². The Kier molecular flexibility index (Phi) is 3.68.